The quantitative estimate of drug-likeness (QED) is 0.417. The van der Waals surface area contributed by atoms with Crippen LogP contribution in [0.25, 0.3) is 28.1 Å². The minimum atomic E-state index is -0.334. The number of fused-ring (bicyclic) bond motifs is 3. The monoisotopic (exact) mass is 403 g/mol. The molecule has 2 heterocycles. The molecular formula is C23H15ClFN3O. The minimum Gasteiger partial charge on any atom is -0.305 e. The lowest BCUT2D eigenvalue weighted by Crippen LogP contribution is -2.15. The summed E-state index contributed by atoms with van der Waals surface area (Å²) in [6.07, 6.45) is 0. The van der Waals surface area contributed by atoms with Crippen LogP contribution in [-0.2, 0) is 6.54 Å². The molecule has 0 amide bonds. The van der Waals surface area contributed by atoms with Gasteiger partial charge in [-0.05, 0) is 48.0 Å². The summed E-state index contributed by atoms with van der Waals surface area (Å²) in [5, 5.41) is 0.653. The van der Waals surface area contributed by atoms with E-state index in [1.54, 1.807) is 16.5 Å². The van der Waals surface area contributed by atoms with Crippen LogP contribution in [0.2, 0.25) is 5.02 Å². The first-order valence-corrected chi connectivity index (χ1v) is 9.50. The molecule has 0 fully saturated rings. The van der Waals surface area contributed by atoms with Gasteiger partial charge in [0.15, 0.2) is 0 Å². The van der Waals surface area contributed by atoms with Crippen molar-refractivity contribution in [3.63, 3.8) is 0 Å². The summed E-state index contributed by atoms with van der Waals surface area (Å²) in [5.74, 6) is 0.178. The van der Waals surface area contributed by atoms with E-state index in [9.17, 15) is 9.18 Å². The van der Waals surface area contributed by atoms with E-state index >= 15 is 0 Å². The van der Waals surface area contributed by atoms with Gasteiger partial charge in [-0.2, -0.15) is 0 Å². The molecule has 0 aliphatic carbocycles. The molecule has 0 saturated heterocycles. The van der Waals surface area contributed by atoms with Gasteiger partial charge >= 0.3 is 0 Å². The van der Waals surface area contributed by atoms with E-state index in [1.807, 2.05) is 53.1 Å². The fraction of sp³-hybridized carbons (Fsp3) is 0.0435. The molecule has 0 spiro atoms. The third-order valence-corrected chi connectivity index (χ3v) is 5.35. The SMILES string of the molecule is O=c1cc(-c2ccc(F)cc2)nc2n(Cc3ccccc3Cl)c3ccccc3n12. The Balaban J connectivity index is 1.80. The fourth-order valence-electron chi connectivity index (χ4n) is 3.59. The normalized spacial score (nSPS) is 11.4. The van der Waals surface area contributed by atoms with Gasteiger partial charge in [0.2, 0.25) is 5.78 Å². The summed E-state index contributed by atoms with van der Waals surface area (Å²) in [5.41, 5.74) is 3.58. The number of halogens is 2. The Bertz CT molecular complexity index is 1420. The molecule has 3 aromatic carbocycles. The molecule has 0 saturated carbocycles. The van der Waals surface area contributed by atoms with Crippen molar-refractivity contribution in [1.29, 1.82) is 0 Å². The van der Waals surface area contributed by atoms with Gasteiger partial charge in [0.25, 0.3) is 5.56 Å². The van der Waals surface area contributed by atoms with Crippen molar-refractivity contribution in [2.75, 3.05) is 0 Å². The Morgan fingerprint density at radius 1 is 0.897 bits per heavy atom. The molecule has 142 valence electrons. The molecule has 0 N–H and O–H groups in total. The first-order valence-electron chi connectivity index (χ1n) is 9.12. The van der Waals surface area contributed by atoms with E-state index in [1.165, 1.54) is 18.2 Å². The average Bonchev–Trinajstić information content (AvgIpc) is 3.04. The second kappa shape index (κ2) is 6.87. The molecule has 5 rings (SSSR count). The Morgan fingerprint density at radius 3 is 2.34 bits per heavy atom. The van der Waals surface area contributed by atoms with E-state index in [2.05, 4.69) is 0 Å². The van der Waals surface area contributed by atoms with Crippen molar-refractivity contribution in [2.24, 2.45) is 0 Å². The van der Waals surface area contributed by atoms with E-state index in [-0.39, 0.29) is 11.4 Å². The lowest BCUT2D eigenvalue weighted by atomic mass is 10.1. The molecule has 6 heteroatoms. The molecule has 0 bridgehead atoms. The van der Waals surface area contributed by atoms with Gasteiger partial charge in [-0.1, -0.05) is 41.9 Å². The van der Waals surface area contributed by atoms with Crippen LogP contribution in [0.15, 0.2) is 83.7 Å². The van der Waals surface area contributed by atoms with Crippen molar-refractivity contribution >= 4 is 28.4 Å². The number of hydrogen-bond donors (Lipinski definition) is 0. The van der Waals surface area contributed by atoms with Gasteiger partial charge in [0.05, 0.1) is 23.3 Å². The summed E-state index contributed by atoms with van der Waals surface area (Å²) >= 11 is 6.38. The van der Waals surface area contributed by atoms with Crippen LogP contribution < -0.4 is 5.56 Å². The smallest absolute Gasteiger partial charge is 0.260 e. The molecule has 0 radical (unpaired) electrons. The predicted molar refractivity (Wildman–Crippen MR) is 113 cm³/mol. The number of rotatable bonds is 3. The Hall–Kier alpha value is -3.44. The van der Waals surface area contributed by atoms with Crippen LogP contribution in [0.5, 0.6) is 0 Å². The first kappa shape index (κ1) is 17.6. The zero-order valence-electron chi connectivity index (χ0n) is 15.2. The maximum absolute atomic E-state index is 13.3. The molecule has 2 aromatic heterocycles. The highest BCUT2D eigenvalue weighted by Gasteiger charge is 2.16. The Morgan fingerprint density at radius 2 is 1.59 bits per heavy atom. The Labute approximate surface area is 170 Å². The number of benzene rings is 3. The van der Waals surface area contributed by atoms with Crippen molar-refractivity contribution < 1.29 is 4.39 Å². The van der Waals surface area contributed by atoms with Crippen LogP contribution in [0.4, 0.5) is 4.39 Å². The topological polar surface area (TPSA) is 39.3 Å². The van der Waals surface area contributed by atoms with Gasteiger partial charge < -0.3 is 4.57 Å². The maximum Gasteiger partial charge on any atom is 0.260 e. The number of nitrogens with zero attached hydrogens (tertiary/aromatic N) is 3. The standard InChI is InChI=1S/C23H15ClFN3O/c24-18-6-2-1-5-16(18)14-27-20-7-3-4-8-21(20)28-22(29)13-19(26-23(27)28)15-9-11-17(25)12-10-15/h1-13H,14H2. The average molecular weight is 404 g/mol. The van der Waals surface area contributed by atoms with E-state index in [0.717, 1.165) is 16.6 Å². The molecular weight excluding hydrogens is 389 g/mol. The molecule has 29 heavy (non-hydrogen) atoms. The largest absolute Gasteiger partial charge is 0.305 e. The second-order valence-corrected chi connectivity index (χ2v) is 7.20. The van der Waals surface area contributed by atoms with Gasteiger partial charge in [-0.3, -0.25) is 4.79 Å². The molecule has 4 nitrogen and oxygen atoms in total. The molecule has 0 aliphatic heterocycles. The van der Waals surface area contributed by atoms with Crippen LogP contribution in [-0.4, -0.2) is 14.0 Å². The van der Waals surface area contributed by atoms with Crippen LogP contribution >= 0.6 is 11.6 Å². The highest BCUT2D eigenvalue weighted by atomic mass is 35.5. The van der Waals surface area contributed by atoms with E-state index in [4.69, 9.17) is 16.6 Å². The lowest BCUT2D eigenvalue weighted by molar-refractivity contribution is 0.628. The zero-order valence-corrected chi connectivity index (χ0v) is 16.0. The number of para-hydroxylation sites is 2. The van der Waals surface area contributed by atoms with Crippen molar-refractivity contribution in [3.8, 4) is 11.3 Å². The van der Waals surface area contributed by atoms with Crippen molar-refractivity contribution in [2.45, 2.75) is 6.54 Å². The molecule has 0 aliphatic rings. The van der Waals surface area contributed by atoms with Gasteiger partial charge in [0, 0.05) is 16.7 Å². The van der Waals surface area contributed by atoms with Crippen LogP contribution in [0, 0.1) is 5.82 Å². The third kappa shape index (κ3) is 3.00. The molecule has 5 aromatic rings. The number of imidazole rings is 1. The van der Waals surface area contributed by atoms with Gasteiger partial charge in [-0.15, -0.1) is 0 Å². The van der Waals surface area contributed by atoms with Crippen LogP contribution in [0.3, 0.4) is 0 Å². The van der Waals surface area contributed by atoms with Crippen LogP contribution in [0.1, 0.15) is 5.56 Å². The molecule has 0 unspecified atom stereocenters. The fourth-order valence-corrected chi connectivity index (χ4v) is 3.78. The zero-order chi connectivity index (χ0) is 20.0. The van der Waals surface area contributed by atoms with Gasteiger partial charge in [0.1, 0.15) is 5.82 Å². The minimum absolute atomic E-state index is 0.191. The summed E-state index contributed by atoms with van der Waals surface area (Å²) < 4.78 is 16.9. The number of aromatic nitrogens is 3. The highest BCUT2D eigenvalue weighted by molar-refractivity contribution is 6.31. The van der Waals surface area contributed by atoms with Crippen molar-refractivity contribution in [3.05, 3.63) is 106 Å². The Kier molecular flexibility index (Phi) is 4.18. The van der Waals surface area contributed by atoms with Crippen molar-refractivity contribution in [1.82, 2.24) is 14.0 Å². The van der Waals surface area contributed by atoms with E-state index < -0.39 is 0 Å². The summed E-state index contributed by atoms with van der Waals surface area (Å²) in [4.78, 5) is 17.8. The van der Waals surface area contributed by atoms with E-state index in [0.29, 0.717) is 28.6 Å². The number of hydrogen-bond acceptors (Lipinski definition) is 2. The lowest BCUT2D eigenvalue weighted by Gasteiger charge is -2.09. The van der Waals surface area contributed by atoms with Gasteiger partial charge in [-0.25, -0.2) is 13.8 Å². The predicted octanol–water partition coefficient (Wildman–Crippen LogP) is 5.16. The summed E-state index contributed by atoms with van der Waals surface area (Å²) in [6, 6.07) is 22.7. The second-order valence-electron chi connectivity index (χ2n) is 6.79. The maximum atomic E-state index is 13.3. The third-order valence-electron chi connectivity index (χ3n) is 4.98. The summed E-state index contributed by atoms with van der Waals surface area (Å²) in [6.45, 7) is 0.468. The first-order chi connectivity index (χ1) is 14.1. The highest BCUT2D eigenvalue weighted by Crippen LogP contribution is 2.25. The molecule has 0 atom stereocenters. The summed E-state index contributed by atoms with van der Waals surface area (Å²) in [7, 11) is 0.